The van der Waals surface area contributed by atoms with Gasteiger partial charge in [0.2, 0.25) is 0 Å². The quantitative estimate of drug-likeness (QED) is 0.746. The lowest BCUT2D eigenvalue weighted by molar-refractivity contribution is 0.588. The van der Waals surface area contributed by atoms with Crippen LogP contribution in [-0.4, -0.2) is 17.4 Å². The third kappa shape index (κ3) is 2.48. The number of benzene rings is 1. The predicted molar refractivity (Wildman–Crippen MR) is 81.4 cm³/mol. The van der Waals surface area contributed by atoms with Crippen LogP contribution in [0, 0.1) is 6.92 Å². The Balaban J connectivity index is 2.13. The van der Waals surface area contributed by atoms with Gasteiger partial charge in [0.25, 0.3) is 10.0 Å². The van der Waals surface area contributed by atoms with Crippen LogP contribution in [0.2, 0.25) is 0 Å². The number of pyridine rings is 1. The summed E-state index contributed by atoms with van der Waals surface area (Å²) >= 11 is 0. The van der Waals surface area contributed by atoms with Gasteiger partial charge in [-0.05, 0) is 43.3 Å². The van der Waals surface area contributed by atoms with Crippen molar-refractivity contribution in [1.82, 2.24) is 8.96 Å². The molecule has 0 atom stereocenters. The Kier molecular flexibility index (Phi) is 3.35. The Hall–Kier alpha value is -2.40. The second kappa shape index (κ2) is 5.18. The van der Waals surface area contributed by atoms with E-state index in [2.05, 4.69) is 4.98 Å². The van der Waals surface area contributed by atoms with Gasteiger partial charge in [-0.25, -0.2) is 12.4 Å². The molecule has 0 unspecified atom stereocenters. The van der Waals surface area contributed by atoms with Gasteiger partial charge < -0.3 is 0 Å². The molecule has 5 heteroatoms. The van der Waals surface area contributed by atoms with Crippen LogP contribution in [0.3, 0.4) is 0 Å². The molecule has 4 nitrogen and oxygen atoms in total. The first-order valence-electron chi connectivity index (χ1n) is 6.49. The maximum Gasteiger partial charge on any atom is 0.268 e. The average molecular weight is 298 g/mol. The molecule has 0 spiro atoms. The molecule has 2 aromatic heterocycles. The van der Waals surface area contributed by atoms with Gasteiger partial charge >= 0.3 is 0 Å². The fourth-order valence-corrected chi connectivity index (χ4v) is 3.50. The standard InChI is InChI=1S/C16H14N2O2S/c1-13-6-8-15(9-7-13)21(19,20)18-11-3-5-16(18)14-4-2-10-17-12-14/h2-12H,1H3. The van der Waals surface area contributed by atoms with E-state index >= 15 is 0 Å². The van der Waals surface area contributed by atoms with Crippen molar-refractivity contribution < 1.29 is 8.42 Å². The van der Waals surface area contributed by atoms with Gasteiger partial charge in [-0.15, -0.1) is 0 Å². The molecule has 0 bridgehead atoms. The highest BCUT2D eigenvalue weighted by Gasteiger charge is 2.19. The highest BCUT2D eigenvalue weighted by atomic mass is 32.2. The summed E-state index contributed by atoms with van der Waals surface area (Å²) in [5.74, 6) is 0. The lowest BCUT2D eigenvalue weighted by atomic mass is 10.2. The minimum atomic E-state index is -3.60. The van der Waals surface area contributed by atoms with Crippen LogP contribution >= 0.6 is 0 Å². The van der Waals surface area contributed by atoms with E-state index < -0.39 is 10.0 Å². The van der Waals surface area contributed by atoms with Gasteiger partial charge in [0, 0.05) is 24.2 Å². The first-order chi connectivity index (χ1) is 10.1. The minimum absolute atomic E-state index is 0.273. The number of aryl methyl sites for hydroxylation is 1. The summed E-state index contributed by atoms with van der Waals surface area (Å²) in [6.07, 6.45) is 4.86. The smallest absolute Gasteiger partial charge is 0.264 e. The van der Waals surface area contributed by atoms with Gasteiger partial charge in [0.15, 0.2) is 0 Å². The Labute approximate surface area is 123 Å². The Morgan fingerprint density at radius 1 is 1.00 bits per heavy atom. The molecule has 0 radical (unpaired) electrons. The third-order valence-corrected chi connectivity index (χ3v) is 4.95. The lowest BCUT2D eigenvalue weighted by Gasteiger charge is -2.10. The summed E-state index contributed by atoms with van der Waals surface area (Å²) in [6, 6.07) is 13.9. The zero-order chi connectivity index (χ0) is 14.9. The molecule has 3 aromatic rings. The Morgan fingerprint density at radius 2 is 1.76 bits per heavy atom. The molecule has 3 rings (SSSR count). The van der Waals surface area contributed by atoms with Crippen LogP contribution in [0.5, 0.6) is 0 Å². The molecular formula is C16H14N2O2S. The number of nitrogens with zero attached hydrogens (tertiary/aromatic N) is 2. The van der Waals surface area contributed by atoms with Crippen LogP contribution in [0.4, 0.5) is 0 Å². The fourth-order valence-electron chi connectivity index (χ4n) is 2.14. The maximum atomic E-state index is 12.7. The van der Waals surface area contributed by atoms with E-state index in [4.69, 9.17) is 0 Å². The molecule has 0 aliphatic carbocycles. The fraction of sp³-hybridized carbons (Fsp3) is 0.0625. The molecule has 0 saturated heterocycles. The molecule has 21 heavy (non-hydrogen) atoms. The van der Waals surface area contributed by atoms with Crippen molar-refractivity contribution in [3.8, 4) is 11.3 Å². The molecule has 1 aromatic carbocycles. The molecule has 0 amide bonds. The summed E-state index contributed by atoms with van der Waals surface area (Å²) in [4.78, 5) is 4.31. The van der Waals surface area contributed by atoms with E-state index in [9.17, 15) is 8.42 Å². The summed E-state index contributed by atoms with van der Waals surface area (Å²) in [7, 11) is -3.60. The van der Waals surface area contributed by atoms with E-state index in [1.54, 1.807) is 61.1 Å². The second-order valence-corrected chi connectivity index (χ2v) is 6.56. The topological polar surface area (TPSA) is 52.0 Å². The maximum absolute atomic E-state index is 12.7. The lowest BCUT2D eigenvalue weighted by Crippen LogP contribution is -2.13. The van der Waals surface area contributed by atoms with Crippen molar-refractivity contribution in [2.45, 2.75) is 11.8 Å². The molecule has 0 saturated carbocycles. The van der Waals surface area contributed by atoms with Crippen molar-refractivity contribution in [2.24, 2.45) is 0 Å². The van der Waals surface area contributed by atoms with Crippen LogP contribution < -0.4 is 0 Å². The number of hydrogen-bond donors (Lipinski definition) is 0. The summed E-state index contributed by atoms with van der Waals surface area (Å²) in [5.41, 5.74) is 2.39. The normalized spacial score (nSPS) is 11.5. The summed E-state index contributed by atoms with van der Waals surface area (Å²) in [5, 5.41) is 0. The monoisotopic (exact) mass is 298 g/mol. The van der Waals surface area contributed by atoms with E-state index in [0.29, 0.717) is 5.69 Å². The molecule has 0 fully saturated rings. The molecule has 0 N–H and O–H groups in total. The molecule has 0 aliphatic heterocycles. The summed E-state index contributed by atoms with van der Waals surface area (Å²) in [6.45, 7) is 1.92. The molecule has 106 valence electrons. The molecule has 2 heterocycles. The van der Waals surface area contributed by atoms with Gasteiger partial charge in [0.05, 0.1) is 10.6 Å². The number of hydrogen-bond acceptors (Lipinski definition) is 3. The average Bonchev–Trinajstić information content (AvgIpc) is 2.99. The van der Waals surface area contributed by atoms with Gasteiger partial charge in [0.1, 0.15) is 0 Å². The van der Waals surface area contributed by atoms with Crippen molar-refractivity contribution >= 4 is 10.0 Å². The number of rotatable bonds is 3. The highest BCUT2D eigenvalue weighted by molar-refractivity contribution is 7.90. The van der Waals surface area contributed by atoms with Crippen molar-refractivity contribution in [1.29, 1.82) is 0 Å². The zero-order valence-corrected chi connectivity index (χ0v) is 12.3. The second-order valence-electron chi connectivity index (χ2n) is 4.75. The zero-order valence-electron chi connectivity index (χ0n) is 11.5. The van der Waals surface area contributed by atoms with Gasteiger partial charge in [-0.1, -0.05) is 17.7 Å². The third-order valence-electron chi connectivity index (χ3n) is 3.25. The van der Waals surface area contributed by atoms with Crippen molar-refractivity contribution in [2.75, 3.05) is 0 Å². The highest BCUT2D eigenvalue weighted by Crippen LogP contribution is 2.24. The van der Waals surface area contributed by atoms with E-state index in [-0.39, 0.29) is 4.90 Å². The minimum Gasteiger partial charge on any atom is -0.264 e. The Bertz CT molecular complexity index is 851. The van der Waals surface area contributed by atoms with Crippen LogP contribution in [0.15, 0.2) is 72.0 Å². The first-order valence-corrected chi connectivity index (χ1v) is 7.93. The van der Waals surface area contributed by atoms with Gasteiger partial charge in [-0.3, -0.25) is 4.98 Å². The number of aromatic nitrogens is 2. The van der Waals surface area contributed by atoms with Gasteiger partial charge in [-0.2, -0.15) is 0 Å². The first kappa shape index (κ1) is 13.6. The SMILES string of the molecule is Cc1ccc(S(=O)(=O)n2cccc2-c2cccnc2)cc1. The molecular weight excluding hydrogens is 284 g/mol. The Morgan fingerprint density at radius 3 is 2.43 bits per heavy atom. The van der Waals surface area contributed by atoms with Crippen molar-refractivity contribution in [3.05, 3.63) is 72.7 Å². The van der Waals surface area contributed by atoms with E-state index in [1.165, 1.54) is 3.97 Å². The van der Waals surface area contributed by atoms with Crippen LogP contribution in [0.1, 0.15) is 5.56 Å². The molecule has 0 aliphatic rings. The van der Waals surface area contributed by atoms with Crippen molar-refractivity contribution in [3.63, 3.8) is 0 Å². The van der Waals surface area contributed by atoms with E-state index in [1.807, 2.05) is 13.0 Å². The summed E-state index contributed by atoms with van der Waals surface area (Å²) < 4.78 is 26.8. The predicted octanol–water partition coefficient (Wildman–Crippen LogP) is 3.10. The van der Waals surface area contributed by atoms with Crippen LogP contribution in [-0.2, 0) is 10.0 Å². The van der Waals surface area contributed by atoms with Crippen LogP contribution in [0.25, 0.3) is 11.3 Å². The largest absolute Gasteiger partial charge is 0.268 e. The van der Waals surface area contributed by atoms with E-state index in [0.717, 1.165) is 11.1 Å².